The quantitative estimate of drug-likeness (QED) is 0.559. The van der Waals surface area contributed by atoms with Gasteiger partial charge in [0, 0.05) is 6.54 Å². The zero-order valence-electron chi connectivity index (χ0n) is 12.5. The minimum Gasteiger partial charge on any atom is -0.491 e. The number of carbonyl (C=O) groups is 2. The number of esters is 1. The van der Waals surface area contributed by atoms with E-state index in [9.17, 15) is 9.59 Å². The molecule has 1 unspecified atom stereocenters. The van der Waals surface area contributed by atoms with Gasteiger partial charge in [0.15, 0.2) is 0 Å². The Kier molecular flexibility index (Phi) is 6.68. The van der Waals surface area contributed by atoms with Gasteiger partial charge in [0.25, 0.3) is 0 Å². The van der Waals surface area contributed by atoms with E-state index in [4.69, 9.17) is 14.6 Å². The summed E-state index contributed by atoms with van der Waals surface area (Å²) in [6.07, 6.45) is 0. The van der Waals surface area contributed by atoms with Crippen molar-refractivity contribution < 1.29 is 24.2 Å². The third-order valence-electron chi connectivity index (χ3n) is 2.96. The molecule has 1 atom stereocenters. The van der Waals surface area contributed by atoms with Crippen LogP contribution in [0.15, 0.2) is 24.3 Å². The lowest BCUT2D eigenvalue weighted by molar-refractivity contribution is -0.144. The second-order valence-corrected chi connectivity index (χ2v) is 4.85. The Morgan fingerprint density at radius 2 is 1.95 bits per heavy atom. The zero-order valence-corrected chi connectivity index (χ0v) is 12.5. The number of aromatic carboxylic acids is 1. The molecule has 0 aliphatic carbocycles. The lowest BCUT2D eigenvalue weighted by Gasteiger charge is -2.20. The van der Waals surface area contributed by atoms with E-state index in [2.05, 4.69) is 5.32 Å². The number of carboxylic acids is 1. The van der Waals surface area contributed by atoms with Gasteiger partial charge in [-0.05, 0) is 18.1 Å². The molecule has 0 aliphatic heterocycles. The molecule has 1 rings (SSSR count). The highest BCUT2D eigenvalue weighted by Crippen LogP contribution is 2.17. The van der Waals surface area contributed by atoms with Gasteiger partial charge in [-0.3, -0.25) is 4.79 Å². The van der Waals surface area contributed by atoms with Gasteiger partial charge >= 0.3 is 11.9 Å². The number of benzene rings is 1. The molecule has 0 aromatic heterocycles. The van der Waals surface area contributed by atoms with Gasteiger partial charge in [-0.2, -0.15) is 0 Å². The summed E-state index contributed by atoms with van der Waals surface area (Å²) in [7, 11) is 1.35. The van der Waals surface area contributed by atoms with E-state index in [-0.39, 0.29) is 24.1 Å². The van der Waals surface area contributed by atoms with Crippen molar-refractivity contribution in [3.63, 3.8) is 0 Å². The van der Waals surface area contributed by atoms with Gasteiger partial charge in [-0.15, -0.1) is 0 Å². The topological polar surface area (TPSA) is 84.9 Å². The lowest BCUT2D eigenvalue weighted by Crippen LogP contribution is -2.43. The van der Waals surface area contributed by atoms with E-state index in [0.717, 1.165) is 0 Å². The molecule has 1 aromatic rings. The van der Waals surface area contributed by atoms with Crippen LogP contribution in [0.4, 0.5) is 0 Å². The second-order valence-electron chi connectivity index (χ2n) is 4.85. The molecule has 0 heterocycles. The average molecular weight is 295 g/mol. The maximum Gasteiger partial charge on any atom is 0.339 e. The van der Waals surface area contributed by atoms with Crippen LogP contribution < -0.4 is 10.1 Å². The minimum absolute atomic E-state index is 0.0868. The summed E-state index contributed by atoms with van der Waals surface area (Å²) in [6, 6.07) is 6.02. The fraction of sp³-hybridized carbons (Fsp3) is 0.467. The fourth-order valence-corrected chi connectivity index (χ4v) is 1.86. The predicted molar refractivity (Wildman–Crippen MR) is 77.5 cm³/mol. The van der Waals surface area contributed by atoms with Gasteiger partial charge in [0.1, 0.15) is 24.0 Å². The molecule has 6 nitrogen and oxygen atoms in total. The highest BCUT2D eigenvalue weighted by atomic mass is 16.5. The molecule has 116 valence electrons. The summed E-state index contributed by atoms with van der Waals surface area (Å²) >= 11 is 0. The molecule has 0 spiro atoms. The minimum atomic E-state index is -1.03. The van der Waals surface area contributed by atoms with Crippen molar-refractivity contribution in [3.8, 4) is 5.75 Å². The molecular formula is C15H21NO5. The van der Waals surface area contributed by atoms with Crippen LogP contribution >= 0.6 is 0 Å². The highest BCUT2D eigenvalue weighted by Gasteiger charge is 2.21. The first-order chi connectivity index (χ1) is 9.97. The summed E-state index contributed by atoms with van der Waals surface area (Å²) < 4.78 is 10.2. The van der Waals surface area contributed by atoms with Crippen LogP contribution in [0.1, 0.15) is 24.2 Å². The first-order valence-corrected chi connectivity index (χ1v) is 6.73. The molecule has 0 saturated heterocycles. The Morgan fingerprint density at radius 1 is 1.29 bits per heavy atom. The molecule has 21 heavy (non-hydrogen) atoms. The van der Waals surface area contributed by atoms with E-state index >= 15 is 0 Å². The van der Waals surface area contributed by atoms with Crippen molar-refractivity contribution in [1.82, 2.24) is 5.32 Å². The zero-order chi connectivity index (χ0) is 15.8. The Labute approximate surface area is 124 Å². The molecule has 6 heteroatoms. The lowest BCUT2D eigenvalue weighted by atomic mass is 10.1. The number of carboxylic acid groups (broad SMARTS) is 1. The van der Waals surface area contributed by atoms with Gasteiger partial charge in [-0.25, -0.2) is 4.79 Å². The molecule has 0 saturated carbocycles. The number of hydrogen-bond acceptors (Lipinski definition) is 5. The fourth-order valence-electron chi connectivity index (χ4n) is 1.86. The summed E-state index contributed by atoms with van der Waals surface area (Å²) in [5, 5.41) is 12.1. The molecule has 0 aliphatic rings. The first-order valence-electron chi connectivity index (χ1n) is 6.73. The molecule has 0 radical (unpaired) electrons. The van der Waals surface area contributed by atoms with Crippen LogP contribution in [0, 0.1) is 5.92 Å². The van der Waals surface area contributed by atoms with E-state index in [1.807, 2.05) is 13.8 Å². The van der Waals surface area contributed by atoms with Crippen molar-refractivity contribution in [2.45, 2.75) is 19.9 Å². The normalized spacial score (nSPS) is 12.0. The smallest absolute Gasteiger partial charge is 0.339 e. The monoisotopic (exact) mass is 295 g/mol. The third kappa shape index (κ3) is 5.07. The van der Waals surface area contributed by atoms with E-state index in [1.165, 1.54) is 13.2 Å². The SMILES string of the molecule is COC(=O)C(NCCOc1ccccc1C(=O)O)C(C)C. The van der Waals surface area contributed by atoms with Gasteiger partial charge in [-0.1, -0.05) is 26.0 Å². The summed E-state index contributed by atoms with van der Waals surface area (Å²) in [4.78, 5) is 22.6. The van der Waals surface area contributed by atoms with Crippen molar-refractivity contribution in [2.24, 2.45) is 5.92 Å². The highest BCUT2D eigenvalue weighted by molar-refractivity contribution is 5.90. The molecule has 2 N–H and O–H groups in total. The van der Waals surface area contributed by atoms with Crippen molar-refractivity contribution >= 4 is 11.9 Å². The third-order valence-corrected chi connectivity index (χ3v) is 2.96. The largest absolute Gasteiger partial charge is 0.491 e. The van der Waals surface area contributed by atoms with Crippen LogP contribution in [0.2, 0.25) is 0 Å². The van der Waals surface area contributed by atoms with Crippen LogP contribution in [-0.4, -0.2) is 43.3 Å². The number of hydrogen-bond donors (Lipinski definition) is 2. The summed E-state index contributed by atoms with van der Waals surface area (Å²) in [5.41, 5.74) is 0.117. The molecular weight excluding hydrogens is 274 g/mol. The standard InChI is InChI=1S/C15H21NO5/c1-10(2)13(15(19)20-3)16-8-9-21-12-7-5-4-6-11(12)14(17)18/h4-7,10,13,16H,8-9H2,1-3H3,(H,17,18). The molecule has 1 aromatic carbocycles. The first kappa shape index (κ1) is 17.0. The molecule has 0 amide bonds. The van der Waals surface area contributed by atoms with E-state index < -0.39 is 12.0 Å². The number of nitrogens with one attached hydrogen (secondary N) is 1. The Hall–Kier alpha value is -2.08. The van der Waals surface area contributed by atoms with Crippen LogP contribution in [0.5, 0.6) is 5.75 Å². The van der Waals surface area contributed by atoms with Crippen LogP contribution in [0.3, 0.4) is 0 Å². The number of para-hydroxylation sites is 1. The Morgan fingerprint density at radius 3 is 2.52 bits per heavy atom. The van der Waals surface area contributed by atoms with Gasteiger partial charge in [0.2, 0.25) is 0 Å². The number of methoxy groups -OCH3 is 1. The number of carbonyl (C=O) groups excluding carboxylic acids is 1. The van der Waals surface area contributed by atoms with Crippen LogP contribution in [-0.2, 0) is 9.53 Å². The number of rotatable bonds is 8. The predicted octanol–water partition coefficient (Wildman–Crippen LogP) is 1.55. The Bertz CT molecular complexity index is 487. The second kappa shape index (κ2) is 8.26. The van der Waals surface area contributed by atoms with Crippen molar-refractivity contribution in [3.05, 3.63) is 29.8 Å². The van der Waals surface area contributed by atoms with Crippen LogP contribution in [0.25, 0.3) is 0 Å². The van der Waals surface area contributed by atoms with E-state index in [1.54, 1.807) is 18.2 Å². The summed E-state index contributed by atoms with van der Waals surface area (Å²) in [6.45, 7) is 4.49. The molecule has 0 fully saturated rings. The van der Waals surface area contributed by atoms with Gasteiger partial charge in [0.05, 0.1) is 7.11 Å². The number of ether oxygens (including phenoxy) is 2. The van der Waals surface area contributed by atoms with E-state index in [0.29, 0.717) is 12.3 Å². The maximum absolute atomic E-state index is 11.6. The average Bonchev–Trinajstić information content (AvgIpc) is 2.46. The maximum atomic E-state index is 11.6. The van der Waals surface area contributed by atoms with Crippen molar-refractivity contribution in [2.75, 3.05) is 20.3 Å². The van der Waals surface area contributed by atoms with Crippen molar-refractivity contribution in [1.29, 1.82) is 0 Å². The molecule has 0 bridgehead atoms. The summed E-state index contributed by atoms with van der Waals surface area (Å²) in [5.74, 6) is -0.959. The van der Waals surface area contributed by atoms with Gasteiger partial charge < -0.3 is 19.9 Å². The Balaban J connectivity index is 2.50.